The molecular weight excluding hydrogens is 1150 g/mol. The summed E-state index contributed by atoms with van der Waals surface area (Å²) in [7, 11) is 0. The molecule has 1 spiro atoms. The van der Waals surface area contributed by atoms with Crippen molar-refractivity contribution in [3.05, 3.63) is 407 Å². The van der Waals surface area contributed by atoms with E-state index in [4.69, 9.17) is 0 Å². The van der Waals surface area contributed by atoms with Crippen molar-refractivity contribution in [2.75, 3.05) is 9.80 Å². The summed E-state index contributed by atoms with van der Waals surface area (Å²) < 4.78 is 0. The van der Waals surface area contributed by atoms with Crippen LogP contribution in [0.1, 0.15) is 81.3 Å². The summed E-state index contributed by atoms with van der Waals surface area (Å²) >= 11 is 0. The number of nitrogens with zero attached hydrogens (tertiary/aromatic N) is 2. The lowest BCUT2D eigenvalue weighted by Gasteiger charge is -2.47. The Labute approximate surface area is 556 Å². The Morgan fingerprint density at radius 3 is 0.979 bits per heavy atom. The van der Waals surface area contributed by atoms with Crippen LogP contribution in [0.15, 0.2) is 352 Å². The summed E-state index contributed by atoms with van der Waals surface area (Å²) in [6.45, 7) is 0. The highest BCUT2D eigenvalue weighted by molar-refractivity contribution is 6.21. The Kier molecular flexibility index (Phi) is 12.6. The normalized spacial score (nSPS) is 15.0. The Morgan fingerprint density at radius 2 is 0.537 bits per heavy atom. The zero-order valence-corrected chi connectivity index (χ0v) is 52.7. The average Bonchev–Trinajstić information content (AvgIpc) is 0.924. The van der Waals surface area contributed by atoms with Gasteiger partial charge in [0.1, 0.15) is 0 Å². The maximum atomic E-state index is 2.61. The first-order valence-corrected chi connectivity index (χ1v) is 33.8. The van der Waals surface area contributed by atoms with Crippen LogP contribution < -0.4 is 9.80 Å². The van der Waals surface area contributed by atoms with Crippen LogP contribution in [0.25, 0.3) is 66.1 Å². The zero-order valence-electron chi connectivity index (χ0n) is 52.7. The molecule has 19 rings (SSSR count). The van der Waals surface area contributed by atoms with E-state index in [2.05, 4.69) is 362 Å². The zero-order chi connectivity index (χ0) is 62.7. The molecule has 0 radical (unpaired) electrons. The molecule has 15 aromatic rings. The molecule has 2 aliphatic carbocycles. The van der Waals surface area contributed by atoms with Crippen molar-refractivity contribution in [1.82, 2.24) is 0 Å². The van der Waals surface area contributed by atoms with Gasteiger partial charge in [-0.15, -0.1) is 0 Å². The molecule has 95 heavy (non-hydrogen) atoms. The number of anilines is 6. The quantitative estimate of drug-likeness (QED) is 0.133. The van der Waals surface area contributed by atoms with Gasteiger partial charge in [-0.3, -0.25) is 0 Å². The molecule has 2 heteroatoms. The highest BCUT2D eigenvalue weighted by atomic mass is 15.2. The van der Waals surface area contributed by atoms with Gasteiger partial charge < -0.3 is 9.80 Å². The molecule has 2 nitrogen and oxygen atoms in total. The van der Waals surface area contributed by atoms with Crippen LogP contribution in [0, 0.1) is 0 Å². The second kappa shape index (κ2) is 21.8. The third-order valence-electron chi connectivity index (χ3n) is 21.9. The topological polar surface area (TPSA) is 6.48 Å². The molecular formula is C93H66N2. The van der Waals surface area contributed by atoms with Gasteiger partial charge in [0.15, 0.2) is 0 Å². The van der Waals surface area contributed by atoms with E-state index in [1.54, 1.807) is 0 Å². The lowest BCUT2D eigenvalue weighted by Crippen LogP contribution is -2.38. The second-order valence-electron chi connectivity index (χ2n) is 26.4. The Bertz CT molecular complexity index is 5120. The summed E-state index contributed by atoms with van der Waals surface area (Å²) in [6.07, 6.45) is 4.65. The van der Waals surface area contributed by atoms with Crippen molar-refractivity contribution in [2.24, 2.45) is 0 Å². The predicted octanol–water partition coefficient (Wildman–Crippen LogP) is 24.2. The van der Waals surface area contributed by atoms with Crippen molar-refractivity contribution in [2.45, 2.75) is 41.9 Å². The SMILES string of the molecule is c1ccc(N2c3ccccc3C(c3ccccc3)(c3ccccc3)c3c(-c4cccc5c(-c6cccc7c6C6(CCCC6)c6ccccc6-7)c6cccc(-c7cccc8c7C(c7ccccc7)(c7ccccc7)c7ccccc7N8c7ccccc7)c6cc45)cccc32)cc1. The first-order chi connectivity index (χ1) is 47.2. The molecule has 0 N–H and O–H groups in total. The molecule has 0 unspecified atom stereocenters. The van der Waals surface area contributed by atoms with Crippen LogP contribution in [-0.2, 0) is 16.2 Å². The van der Waals surface area contributed by atoms with Gasteiger partial charge in [0.2, 0.25) is 0 Å². The summed E-state index contributed by atoms with van der Waals surface area (Å²) in [5, 5.41) is 4.90. The van der Waals surface area contributed by atoms with Crippen LogP contribution in [0.5, 0.6) is 0 Å². The number of fused-ring (bicyclic) bond motifs is 11. The molecule has 1 saturated carbocycles. The molecule has 2 heterocycles. The average molecular weight is 1210 g/mol. The van der Waals surface area contributed by atoms with Gasteiger partial charge in [0.25, 0.3) is 0 Å². The smallest absolute Gasteiger partial charge is 0.0748 e. The molecule has 0 bridgehead atoms. The van der Waals surface area contributed by atoms with E-state index in [0.29, 0.717) is 0 Å². The van der Waals surface area contributed by atoms with E-state index < -0.39 is 10.8 Å². The first-order valence-electron chi connectivity index (χ1n) is 33.8. The second-order valence-corrected chi connectivity index (χ2v) is 26.4. The largest absolute Gasteiger partial charge is 0.310 e. The van der Waals surface area contributed by atoms with Crippen LogP contribution in [0.3, 0.4) is 0 Å². The van der Waals surface area contributed by atoms with Crippen LogP contribution in [-0.4, -0.2) is 0 Å². The molecule has 1 fully saturated rings. The van der Waals surface area contributed by atoms with E-state index in [1.807, 2.05) is 0 Å². The molecule has 4 aliphatic rings. The van der Waals surface area contributed by atoms with Crippen molar-refractivity contribution in [3.63, 3.8) is 0 Å². The highest BCUT2D eigenvalue weighted by Gasteiger charge is 2.51. The van der Waals surface area contributed by atoms with Crippen LogP contribution in [0.2, 0.25) is 0 Å². The number of benzene rings is 15. The summed E-state index contributed by atoms with van der Waals surface area (Å²) in [5.41, 5.74) is 28.2. The monoisotopic (exact) mass is 1210 g/mol. The minimum absolute atomic E-state index is 0.109. The fraction of sp³-hybridized carbons (Fsp3) is 0.0753. The number of hydrogen-bond donors (Lipinski definition) is 0. The van der Waals surface area contributed by atoms with Gasteiger partial charge in [-0.2, -0.15) is 0 Å². The molecule has 0 atom stereocenters. The van der Waals surface area contributed by atoms with E-state index in [9.17, 15) is 0 Å². The number of rotatable bonds is 9. The van der Waals surface area contributed by atoms with Gasteiger partial charge in [0.05, 0.1) is 33.6 Å². The molecule has 0 amide bonds. The van der Waals surface area contributed by atoms with Crippen molar-refractivity contribution >= 4 is 55.7 Å². The Balaban J connectivity index is 0.983. The maximum absolute atomic E-state index is 2.61. The maximum Gasteiger partial charge on any atom is 0.0748 e. The van der Waals surface area contributed by atoms with Gasteiger partial charge in [-0.05, 0) is 178 Å². The standard InChI is InChI=1S/C93H66N2/c1-7-32-63(33-8-1)92(64-34-9-2-10-35-64)81-54-21-23-56-83(81)94(67-40-15-5-16-41-67)85-58-30-50-74(89(85)92)69-45-27-47-72-78(69)62-79-70(46-28-48-73(79)87(72)77-52-29-49-76-71-44-19-20-53-80(71)91(88(76)77)60-25-26-61-91)75-51-31-59-86-90(75)93(65-36-11-3-12-37-65,66-38-13-4-14-39-66)82-55-22-24-57-84(82)95(86)68-42-17-6-18-43-68/h1-24,27-59,62H,25-26,60-61H2. The van der Waals surface area contributed by atoms with Gasteiger partial charge in [0, 0.05) is 27.9 Å². The lowest BCUT2D eigenvalue weighted by atomic mass is 9.60. The van der Waals surface area contributed by atoms with Crippen molar-refractivity contribution < 1.29 is 0 Å². The summed E-state index contributed by atoms with van der Waals surface area (Å²) in [4.78, 5) is 5.05. The highest BCUT2D eigenvalue weighted by Crippen LogP contribution is 2.65. The van der Waals surface area contributed by atoms with E-state index >= 15 is 0 Å². The fourth-order valence-corrected chi connectivity index (χ4v) is 18.4. The number of para-hydroxylation sites is 4. The lowest BCUT2D eigenvalue weighted by molar-refractivity contribution is 0.551. The first kappa shape index (κ1) is 55.1. The van der Waals surface area contributed by atoms with Gasteiger partial charge in [-0.1, -0.05) is 310 Å². The fourth-order valence-electron chi connectivity index (χ4n) is 18.4. The van der Waals surface area contributed by atoms with Gasteiger partial charge >= 0.3 is 0 Å². The van der Waals surface area contributed by atoms with Gasteiger partial charge in [-0.25, -0.2) is 0 Å². The summed E-state index contributed by atoms with van der Waals surface area (Å²) in [6, 6.07) is 134. The van der Waals surface area contributed by atoms with Crippen LogP contribution >= 0.6 is 0 Å². The molecule has 2 aliphatic heterocycles. The van der Waals surface area contributed by atoms with Crippen LogP contribution in [0.4, 0.5) is 34.1 Å². The van der Waals surface area contributed by atoms with E-state index in [1.165, 1.54) is 135 Å². The third-order valence-corrected chi connectivity index (χ3v) is 21.9. The minimum atomic E-state index is -0.758. The minimum Gasteiger partial charge on any atom is -0.310 e. The predicted molar refractivity (Wildman–Crippen MR) is 396 cm³/mol. The van der Waals surface area contributed by atoms with Crippen molar-refractivity contribution in [1.29, 1.82) is 0 Å². The third kappa shape index (κ3) is 7.86. The van der Waals surface area contributed by atoms with E-state index in [-0.39, 0.29) is 5.41 Å². The summed E-state index contributed by atoms with van der Waals surface area (Å²) in [5.74, 6) is 0. The Hall–Kier alpha value is -11.6. The molecule has 0 aromatic heterocycles. The molecule has 0 saturated heterocycles. The molecule has 15 aromatic carbocycles. The van der Waals surface area contributed by atoms with E-state index in [0.717, 1.165) is 47.0 Å². The number of hydrogen-bond acceptors (Lipinski definition) is 2. The van der Waals surface area contributed by atoms with Crippen molar-refractivity contribution in [3.8, 4) is 44.5 Å². The molecule has 448 valence electrons. The Morgan fingerprint density at radius 1 is 0.221 bits per heavy atom.